The predicted molar refractivity (Wildman–Crippen MR) is 120 cm³/mol. The summed E-state index contributed by atoms with van der Waals surface area (Å²) < 4.78 is 21.3. The van der Waals surface area contributed by atoms with E-state index in [1.807, 2.05) is 0 Å². The topological polar surface area (TPSA) is 163 Å². The lowest BCUT2D eigenvalue weighted by atomic mass is 9.79. The van der Waals surface area contributed by atoms with Gasteiger partial charge in [0.05, 0.1) is 18.2 Å². The highest BCUT2D eigenvalue weighted by Crippen LogP contribution is 2.39. The number of rotatable bonds is 7. The summed E-state index contributed by atoms with van der Waals surface area (Å²) in [5, 5.41) is 23.9. The average Bonchev–Trinajstić information content (AvgIpc) is 2.98. The van der Waals surface area contributed by atoms with E-state index in [2.05, 4.69) is 9.84 Å². The maximum absolute atomic E-state index is 12.7. The van der Waals surface area contributed by atoms with Gasteiger partial charge in [0.1, 0.15) is 18.3 Å². The summed E-state index contributed by atoms with van der Waals surface area (Å²) in [4.78, 5) is 43.0. The second kappa shape index (κ2) is 12.5. The Morgan fingerprint density at radius 2 is 1.76 bits per heavy atom. The quantitative estimate of drug-likeness (QED) is 0.264. The molecule has 0 aromatic rings. The van der Waals surface area contributed by atoms with Crippen molar-refractivity contribution in [2.24, 2.45) is 5.92 Å². The minimum absolute atomic E-state index is 0.126. The molecule has 6 atom stereocenters. The molecule has 33 heavy (non-hydrogen) atoms. The highest BCUT2D eigenvalue weighted by molar-refractivity contribution is 7.46. The highest BCUT2D eigenvalue weighted by Gasteiger charge is 2.47. The number of carbonyl (C=O) groups excluding carboxylic acids is 2. The molecule has 11 heteroatoms. The Kier molecular flexibility index (Phi) is 10.7. The Labute approximate surface area is 195 Å². The molecule has 0 radical (unpaired) electrons. The van der Waals surface area contributed by atoms with Crippen molar-refractivity contribution >= 4 is 19.5 Å². The van der Waals surface area contributed by atoms with Crippen LogP contribution in [-0.4, -0.2) is 68.3 Å². The van der Waals surface area contributed by atoms with Gasteiger partial charge in [-0.15, -0.1) is 0 Å². The van der Waals surface area contributed by atoms with Gasteiger partial charge in [-0.1, -0.05) is 38.2 Å². The third-order valence-corrected chi connectivity index (χ3v) is 7.23. The summed E-state index contributed by atoms with van der Waals surface area (Å²) in [7, 11) is -4.75. The monoisotopic (exact) mass is 491 g/mol. The Morgan fingerprint density at radius 3 is 2.39 bits per heavy atom. The number of aliphatic hydroxyl groups is 2. The standard InChI is InChI=1S/C22H38NO9P/c1-3-9-18(25)23-22(15(2)24)12-8-6-4-5-7-10-16(11-13-22)21-20(27)19(26)17(32-21)14-31-33(28,29)30/h3,9,16-17,19-21,26-27H,4-8,10-14H2,1-2H3,(H,23,25)(H2,28,29,30)/b9-3-/t16-,17?,19?,20?,21?,22+/m1/s1. The lowest BCUT2D eigenvalue weighted by Gasteiger charge is -2.35. The third kappa shape index (κ3) is 8.24. The number of hydrogen-bond donors (Lipinski definition) is 5. The first-order valence-corrected chi connectivity index (χ1v) is 13.2. The second-order valence-corrected chi connectivity index (χ2v) is 10.4. The van der Waals surface area contributed by atoms with Crippen LogP contribution in [0, 0.1) is 5.92 Å². The van der Waals surface area contributed by atoms with Gasteiger partial charge in [0, 0.05) is 0 Å². The lowest BCUT2D eigenvalue weighted by molar-refractivity contribution is -0.130. The fraction of sp³-hybridized carbons (Fsp3) is 0.818. The first-order valence-electron chi connectivity index (χ1n) is 11.7. The number of phosphoric ester groups is 1. The zero-order valence-electron chi connectivity index (χ0n) is 19.4. The van der Waals surface area contributed by atoms with Gasteiger partial charge >= 0.3 is 7.82 Å². The smallest absolute Gasteiger partial charge is 0.388 e. The van der Waals surface area contributed by atoms with Gasteiger partial charge in [-0.3, -0.25) is 14.1 Å². The van der Waals surface area contributed by atoms with E-state index >= 15 is 0 Å². The summed E-state index contributed by atoms with van der Waals surface area (Å²) in [6.45, 7) is 2.65. The van der Waals surface area contributed by atoms with E-state index in [4.69, 9.17) is 14.5 Å². The predicted octanol–water partition coefficient (Wildman–Crippen LogP) is 1.75. The van der Waals surface area contributed by atoms with Gasteiger partial charge in [-0.2, -0.15) is 0 Å². The van der Waals surface area contributed by atoms with Gasteiger partial charge in [0.25, 0.3) is 0 Å². The van der Waals surface area contributed by atoms with E-state index in [1.54, 1.807) is 13.0 Å². The molecule has 10 nitrogen and oxygen atoms in total. The highest BCUT2D eigenvalue weighted by atomic mass is 31.2. The second-order valence-electron chi connectivity index (χ2n) is 9.14. The third-order valence-electron chi connectivity index (χ3n) is 6.75. The van der Waals surface area contributed by atoms with Crippen LogP contribution in [0.5, 0.6) is 0 Å². The van der Waals surface area contributed by atoms with Gasteiger partial charge in [-0.05, 0) is 51.5 Å². The number of ketones is 1. The SMILES string of the molecule is C/C=C\C(=O)N[C@@]1(C(C)=O)CCCCCCC[C@@H](C2OC(COP(=O)(O)O)C(O)C2O)CC1. The van der Waals surface area contributed by atoms with Crippen LogP contribution in [0.1, 0.15) is 71.6 Å². The number of nitrogens with one attached hydrogen (secondary N) is 1. The van der Waals surface area contributed by atoms with Crippen LogP contribution in [0.3, 0.4) is 0 Å². The lowest BCUT2D eigenvalue weighted by Crippen LogP contribution is -2.53. The van der Waals surface area contributed by atoms with Crippen LogP contribution in [0.25, 0.3) is 0 Å². The van der Waals surface area contributed by atoms with Crippen molar-refractivity contribution in [3.8, 4) is 0 Å². The largest absolute Gasteiger partial charge is 0.469 e. The Balaban J connectivity index is 2.20. The Hall–Kier alpha value is -1.13. The van der Waals surface area contributed by atoms with Gasteiger partial charge in [-0.25, -0.2) is 4.57 Å². The van der Waals surface area contributed by atoms with Crippen molar-refractivity contribution in [3.05, 3.63) is 12.2 Å². The molecule has 1 aliphatic carbocycles. The fourth-order valence-electron chi connectivity index (χ4n) is 4.86. The molecule has 2 aliphatic rings. The van der Waals surface area contributed by atoms with Crippen LogP contribution >= 0.6 is 7.82 Å². The average molecular weight is 492 g/mol. The number of phosphoric acid groups is 1. The molecule has 1 saturated carbocycles. The van der Waals surface area contributed by atoms with Crippen molar-refractivity contribution in [2.45, 2.75) is 102 Å². The molecule has 1 saturated heterocycles. The molecule has 190 valence electrons. The molecule has 1 amide bonds. The van der Waals surface area contributed by atoms with Gasteiger partial charge < -0.3 is 30.1 Å². The van der Waals surface area contributed by atoms with E-state index in [9.17, 15) is 24.4 Å². The molecule has 5 N–H and O–H groups in total. The zero-order valence-corrected chi connectivity index (χ0v) is 20.3. The minimum atomic E-state index is -4.75. The number of aliphatic hydroxyl groups excluding tert-OH is 2. The van der Waals surface area contributed by atoms with Crippen molar-refractivity contribution in [1.29, 1.82) is 0 Å². The van der Waals surface area contributed by atoms with Gasteiger partial charge in [0.15, 0.2) is 5.78 Å². The Bertz CT molecular complexity index is 739. The Morgan fingerprint density at radius 1 is 1.09 bits per heavy atom. The number of amides is 1. The summed E-state index contributed by atoms with van der Waals surface area (Å²) >= 11 is 0. The van der Waals surface area contributed by atoms with Crippen LogP contribution < -0.4 is 5.32 Å². The molecule has 1 aliphatic heterocycles. The molecular formula is C22H38NO9P. The van der Waals surface area contributed by atoms with Crippen LogP contribution in [0.15, 0.2) is 12.2 Å². The first-order chi connectivity index (χ1) is 15.5. The summed E-state index contributed by atoms with van der Waals surface area (Å²) in [5.74, 6) is -0.675. The van der Waals surface area contributed by atoms with Crippen LogP contribution in [0.4, 0.5) is 0 Å². The van der Waals surface area contributed by atoms with Crippen LogP contribution in [0.2, 0.25) is 0 Å². The molecule has 2 fully saturated rings. The molecule has 4 unspecified atom stereocenters. The van der Waals surface area contributed by atoms with Crippen molar-refractivity contribution in [1.82, 2.24) is 5.32 Å². The minimum Gasteiger partial charge on any atom is -0.388 e. The molecule has 0 bridgehead atoms. The van der Waals surface area contributed by atoms with E-state index in [0.717, 1.165) is 32.1 Å². The number of ether oxygens (including phenoxy) is 1. The maximum Gasteiger partial charge on any atom is 0.469 e. The van der Waals surface area contributed by atoms with E-state index in [0.29, 0.717) is 25.7 Å². The van der Waals surface area contributed by atoms with E-state index in [-0.39, 0.29) is 17.6 Å². The maximum atomic E-state index is 12.7. The molecule has 2 rings (SSSR count). The van der Waals surface area contributed by atoms with Crippen molar-refractivity contribution < 1.29 is 43.4 Å². The molecule has 0 aromatic heterocycles. The normalized spacial score (nSPS) is 34.7. The fourth-order valence-corrected chi connectivity index (χ4v) is 5.20. The van der Waals surface area contributed by atoms with Crippen LogP contribution in [-0.2, 0) is 23.4 Å². The van der Waals surface area contributed by atoms with Crippen molar-refractivity contribution in [2.75, 3.05) is 6.61 Å². The number of hydrogen-bond acceptors (Lipinski definition) is 7. The van der Waals surface area contributed by atoms with E-state index in [1.165, 1.54) is 13.0 Å². The molecule has 0 spiro atoms. The number of Topliss-reactive ketones (excluding diaryl/α,β-unsaturated/α-hetero) is 1. The molecular weight excluding hydrogens is 453 g/mol. The summed E-state index contributed by atoms with van der Waals surface area (Å²) in [6.07, 6.45) is 5.18. The van der Waals surface area contributed by atoms with Gasteiger partial charge in [0.2, 0.25) is 5.91 Å². The number of carbonyl (C=O) groups is 2. The van der Waals surface area contributed by atoms with E-state index < -0.39 is 44.4 Å². The molecule has 1 heterocycles. The number of allylic oxidation sites excluding steroid dienone is 1. The summed E-state index contributed by atoms with van der Waals surface area (Å²) in [5.41, 5.74) is -1.02. The molecule has 0 aromatic carbocycles. The summed E-state index contributed by atoms with van der Waals surface area (Å²) in [6, 6.07) is 0. The zero-order chi connectivity index (χ0) is 24.6. The first kappa shape index (κ1) is 28.1. The van der Waals surface area contributed by atoms with Crippen molar-refractivity contribution in [3.63, 3.8) is 0 Å².